The summed E-state index contributed by atoms with van der Waals surface area (Å²) in [4.78, 5) is 35.7. The maximum absolute atomic E-state index is 14.9. The van der Waals surface area contributed by atoms with E-state index in [9.17, 15) is 22.4 Å². The molecule has 3 heterocycles. The first-order chi connectivity index (χ1) is 25.8. The standard InChI is InChI=1S/C41H59FN6O5S/c1-44(2)20-8-13-39(49)48-27-36(28-48)54(51,52)35-16-14-34(15-17-35)47-25-30(26-47)24-46-21-18-31(19-22-46)41(29-45(3)4,32-9-6-10-33(42)23-32)37-11-7-12-38(37)43-40(50)53-5/h6,8-10,13-17,23,30-31,36-38H,7,11-12,18-22,24-29H2,1-5H3,(H,43,50)/b13-8+/t37-,38-,41-/m0/s1. The molecule has 1 saturated carbocycles. The Kier molecular flexibility index (Phi) is 12.7. The van der Waals surface area contributed by atoms with E-state index in [0.29, 0.717) is 23.3 Å². The molecular weight excluding hydrogens is 708 g/mol. The maximum atomic E-state index is 14.9. The Balaban J connectivity index is 1.04. The Hall–Kier alpha value is -3.52. The van der Waals surface area contributed by atoms with E-state index >= 15 is 0 Å². The van der Waals surface area contributed by atoms with Gasteiger partial charge in [-0.2, -0.15) is 0 Å². The van der Waals surface area contributed by atoms with Crippen molar-refractivity contribution >= 4 is 27.5 Å². The van der Waals surface area contributed by atoms with Crippen LogP contribution in [-0.2, 0) is 24.8 Å². The highest BCUT2D eigenvalue weighted by atomic mass is 32.2. The van der Waals surface area contributed by atoms with E-state index in [2.05, 4.69) is 40.2 Å². The summed E-state index contributed by atoms with van der Waals surface area (Å²) in [5, 5.41) is 2.57. The Bertz CT molecular complexity index is 1740. The third-order valence-electron chi connectivity index (χ3n) is 12.3. The molecule has 6 rings (SSSR count). The number of amides is 2. The Morgan fingerprint density at radius 3 is 2.30 bits per heavy atom. The van der Waals surface area contributed by atoms with Gasteiger partial charge in [0.1, 0.15) is 11.1 Å². The molecule has 0 radical (unpaired) electrons. The van der Waals surface area contributed by atoms with Crippen LogP contribution < -0.4 is 10.2 Å². The van der Waals surface area contributed by atoms with Gasteiger partial charge in [-0.1, -0.05) is 24.6 Å². The fraction of sp³-hybridized carbons (Fsp3) is 0.610. The highest BCUT2D eigenvalue weighted by molar-refractivity contribution is 7.92. The third kappa shape index (κ3) is 8.79. The van der Waals surface area contributed by atoms with Crippen molar-refractivity contribution in [3.63, 3.8) is 0 Å². The molecule has 54 heavy (non-hydrogen) atoms. The molecular formula is C41H59FN6O5S. The Morgan fingerprint density at radius 2 is 1.67 bits per heavy atom. The van der Waals surface area contributed by atoms with E-state index in [-0.39, 0.29) is 42.2 Å². The molecule has 0 unspecified atom stereocenters. The number of carbonyl (C=O) groups excluding carboxylic acids is 2. The average Bonchev–Trinajstić information content (AvgIpc) is 3.56. The van der Waals surface area contributed by atoms with Crippen LogP contribution in [0.2, 0.25) is 0 Å². The number of ether oxygens (including phenoxy) is 1. The van der Waals surface area contributed by atoms with Gasteiger partial charge in [0, 0.05) is 75.0 Å². The molecule has 0 aromatic heterocycles. The number of anilines is 1. The van der Waals surface area contributed by atoms with Gasteiger partial charge in [0.2, 0.25) is 5.91 Å². The van der Waals surface area contributed by atoms with Crippen molar-refractivity contribution in [3.8, 4) is 0 Å². The third-order valence-corrected chi connectivity index (χ3v) is 14.4. The summed E-state index contributed by atoms with van der Waals surface area (Å²) in [7, 11) is 5.92. The molecule has 4 fully saturated rings. The molecule has 3 aliphatic heterocycles. The van der Waals surface area contributed by atoms with Crippen LogP contribution in [0.3, 0.4) is 0 Å². The van der Waals surface area contributed by atoms with Gasteiger partial charge in [-0.15, -0.1) is 0 Å². The zero-order chi connectivity index (χ0) is 38.6. The normalized spacial score (nSPS) is 23.1. The van der Waals surface area contributed by atoms with Gasteiger partial charge in [-0.05, 0) is 121 Å². The molecule has 1 aliphatic carbocycles. The van der Waals surface area contributed by atoms with Gasteiger partial charge in [0.25, 0.3) is 0 Å². The quantitative estimate of drug-likeness (QED) is 0.285. The first-order valence-corrected chi connectivity index (χ1v) is 21.0. The number of carbonyl (C=O) groups is 2. The van der Waals surface area contributed by atoms with E-state index in [1.165, 1.54) is 19.3 Å². The van der Waals surface area contributed by atoms with Crippen LogP contribution in [0.1, 0.15) is 37.7 Å². The van der Waals surface area contributed by atoms with Gasteiger partial charge in [-0.3, -0.25) is 4.79 Å². The minimum atomic E-state index is -3.52. The maximum Gasteiger partial charge on any atom is 0.407 e. The fourth-order valence-electron chi connectivity index (χ4n) is 9.57. The average molecular weight is 767 g/mol. The van der Waals surface area contributed by atoms with Crippen molar-refractivity contribution in [2.24, 2.45) is 17.8 Å². The molecule has 1 N–H and O–H groups in total. The van der Waals surface area contributed by atoms with Gasteiger partial charge >= 0.3 is 6.09 Å². The summed E-state index contributed by atoms with van der Waals surface area (Å²) in [6.07, 6.45) is 7.77. The molecule has 3 saturated heterocycles. The van der Waals surface area contributed by atoms with Crippen molar-refractivity contribution < 1.29 is 27.1 Å². The smallest absolute Gasteiger partial charge is 0.407 e. The highest BCUT2D eigenvalue weighted by Gasteiger charge is 2.52. The van der Waals surface area contributed by atoms with Crippen LogP contribution in [0.25, 0.3) is 0 Å². The minimum absolute atomic E-state index is 0.0336. The van der Waals surface area contributed by atoms with Gasteiger partial charge in [0.15, 0.2) is 9.84 Å². The van der Waals surface area contributed by atoms with E-state index in [0.717, 1.165) is 82.6 Å². The monoisotopic (exact) mass is 766 g/mol. The number of benzene rings is 2. The summed E-state index contributed by atoms with van der Waals surface area (Å²) < 4.78 is 46.5. The zero-order valence-corrected chi connectivity index (χ0v) is 33.4. The molecule has 11 nitrogen and oxygen atoms in total. The molecule has 2 aromatic carbocycles. The number of likely N-dealkylation sites (tertiary alicyclic amines) is 2. The number of alkyl carbamates (subject to hydrolysis) is 1. The minimum Gasteiger partial charge on any atom is -0.453 e. The summed E-state index contributed by atoms with van der Waals surface area (Å²) in [5.41, 5.74) is 1.72. The lowest BCUT2D eigenvalue weighted by atomic mass is 9.58. The number of sulfone groups is 1. The number of methoxy groups -OCH3 is 1. The molecule has 13 heteroatoms. The number of nitrogens with zero attached hydrogens (tertiary/aromatic N) is 5. The Morgan fingerprint density at radius 1 is 0.963 bits per heavy atom. The largest absolute Gasteiger partial charge is 0.453 e. The fourth-order valence-corrected chi connectivity index (χ4v) is 11.2. The van der Waals surface area contributed by atoms with Crippen LogP contribution >= 0.6 is 0 Å². The van der Waals surface area contributed by atoms with Crippen LogP contribution in [-0.4, -0.2) is 146 Å². The predicted molar refractivity (Wildman–Crippen MR) is 210 cm³/mol. The number of likely N-dealkylation sites (N-methyl/N-ethyl adjacent to an activating group) is 2. The summed E-state index contributed by atoms with van der Waals surface area (Å²) in [5.74, 6) is 0.630. The number of rotatable bonds is 14. The molecule has 4 aliphatic rings. The summed E-state index contributed by atoms with van der Waals surface area (Å²) in [6.45, 7) is 6.65. The molecule has 3 atom stereocenters. The zero-order valence-electron chi connectivity index (χ0n) is 32.6. The molecule has 296 valence electrons. The second-order valence-electron chi connectivity index (χ2n) is 16.5. The van der Waals surface area contributed by atoms with Gasteiger partial charge < -0.3 is 34.6 Å². The first kappa shape index (κ1) is 40.2. The molecule has 0 spiro atoms. The summed E-state index contributed by atoms with van der Waals surface area (Å²) >= 11 is 0. The van der Waals surface area contributed by atoms with Gasteiger partial charge in [0.05, 0.1) is 12.0 Å². The van der Waals surface area contributed by atoms with Crippen LogP contribution in [0.4, 0.5) is 14.9 Å². The van der Waals surface area contributed by atoms with Gasteiger partial charge in [-0.25, -0.2) is 17.6 Å². The van der Waals surface area contributed by atoms with E-state index < -0.39 is 21.2 Å². The SMILES string of the molecule is COC(=O)N[C@H]1CCC[C@@H]1[C@](CN(C)C)(c1cccc(F)c1)C1CCN(CC2CN(c3ccc(S(=O)(=O)C4CN(C(=O)/C=C/CN(C)C)C4)cc3)C2)CC1. The van der Waals surface area contributed by atoms with Crippen molar-refractivity contribution in [3.05, 3.63) is 72.1 Å². The Labute approximate surface area is 321 Å². The molecule has 2 aromatic rings. The number of hydrogen-bond donors (Lipinski definition) is 1. The lowest BCUT2D eigenvalue weighted by molar-refractivity contribution is -0.129. The van der Waals surface area contributed by atoms with Crippen LogP contribution in [0.5, 0.6) is 0 Å². The van der Waals surface area contributed by atoms with E-state index in [1.807, 2.05) is 37.2 Å². The first-order valence-electron chi connectivity index (χ1n) is 19.5. The lowest BCUT2D eigenvalue weighted by Gasteiger charge is -2.52. The number of nitrogens with one attached hydrogen (secondary N) is 1. The van der Waals surface area contributed by atoms with Crippen molar-refractivity contribution in [1.29, 1.82) is 0 Å². The topological polar surface area (TPSA) is 106 Å². The number of piperidine rings is 1. The second kappa shape index (κ2) is 17.1. The summed E-state index contributed by atoms with van der Waals surface area (Å²) in [6, 6.07) is 14.4. The lowest BCUT2D eigenvalue weighted by Crippen LogP contribution is -2.58. The van der Waals surface area contributed by atoms with Crippen molar-refractivity contribution in [2.75, 3.05) is 99.1 Å². The van der Waals surface area contributed by atoms with E-state index in [1.54, 1.807) is 29.2 Å². The van der Waals surface area contributed by atoms with Crippen LogP contribution in [0.15, 0.2) is 65.6 Å². The van der Waals surface area contributed by atoms with E-state index in [4.69, 9.17) is 4.74 Å². The molecule has 2 amide bonds. The predicted octanol–water partition coefficient (Wildman–Crippen LogP) is 4.10. The van der Waals surface area contributed by atoms with Crippen molar-refractivity contribution in [1.82, 2.24) is 24.9 Å². The second-order valence-corrected chi connectivity index (χ2v) is 18.7. The molecule has 0 bridgehead atoms. The highest BCUT2D eigenvalue weighted by Crippen LogP contribution is 2.51. The van der Waals surface area contributed by atoms with Crippen LogP contribution in [0, 0.1) is 23.6 Å². The van der Waals surface area contributed by atoms with Crippen molar-refractivity contribution in [2.45, 2.75) is 53.7 Å². The number of hydrogen-bond acceptors (Lipinski definition) is 9. The number of halogens is 1.